The third-order valence-electron chi connectivity index (χ3n) is 4.06. The number of carbonyl (C=O) groups is 2. The van der Waals surface area contributed by atoms with Crippen molar-refractivity contribution in [3.05, 3.63) is 69.9 Å². The maximum Gasteiger partial charge on any atom is 0.257 e. The van der Waals surface area contributed by atoms with Gasteiger partial charge in [-0.15, -0.1) is 0 Å². The molecule has 0 saturated carbocycles. The highest BCUT2D eigenvalue weighted by Gasteiger charge is 2.15. The van der Waals surface area contributed by atoms with Crippen molar-refractivity contribution in [2.75, 3.05) is 5.32 Å². The van der Waals surface area contributed by atoms with Crippen LogP contribution in [0.5, 0.6) is 0 Å². The number of benzene rings is 2. The second-order valence-corrected chi connectivity index (χ2v) is 6.19. The monoisotopic (exact) mass is 353 g/mol. The summed E-state index contributed by atoms with van der Waals surface area (Å²) in [7, 11) is 0. The Labute approximate surface area is 149 Å². The van der Waals surface area contributed by atoms with Crippen LogP contribution in [0.4, 0.5) is 5.69 Å². The summed E-state index contributed by atoms with van der Waals surface area (Å²) < 4.78 is 0. The van der Waals surface area contributed by atoms with E-state index in [9.17, 15) is 9.59 Å². The third kappa shape index (κ3) is 3.32. The van der Waals surface area contributed by atoms with Gasteiger partial charge in [-0.2, -0.15) is 0 Å². The molecule has 126 valence electrons. The van der Waals surface area contributed by atoms with Crippen molar-refractivity contribution in [3.8, 4) is 0 Å². The molecule has 1 heterocycles. The molecule has 2 amide bonds. The lowest BCUT2D eigenvalue weighted by Gasteiger charge is -2.12. The minimum absolute atomic E-state index is 0.309. The molecule has 0 aliphatic rings. The zero-order valence-electron chi connectivity index (χ0n) is 13.8. The highest BCUT2D eigenvalue weighted by Crippen LogP contribution is 2.23. The van der Waals surface area contributed by atoms with E-state index in [-0.39, 0.29) is 5.91 Å². The maximum absolute atomic E-state index is 12.7. The van der Waals surface area contributed by atoms with Crippen molar-refractivity contribution >= 4 is 40.0 Å². The van der Waals surface area contributed by atoms with E-state index in [1.807, 2.05) is 6.07 Å². The first-order valence-corrected chi connectivity index (χ1v) is 8.02. The maximum atomic E-state index is 12.7. The highest BCUT2D eigenvalue weighted by atomic mass is 35.5. The number of primary amides is 1. The molecule has 0 spiro atoms. The number of anilines is 1. The average molecular weight is 354 g/mol. The summed E-state index contributed by atoms with van der Waals surface area (Å²) in [5, 5.41) is 4.18. The zero-order chi connectivity index (χ0) is 18.1. The molecule has 0 bridgehead atoms. The number of nitrogens with two attached hydrogens (primary N) is 1. The number of rotatable bonds is 3. The van der Waals surface area contributed by atoms with Crippen molar-refractivity contribution in [1.82, 2.24) is 4.98 Å². The molecule has 0 unspecified atom stereocenters. The second kappa shape index (κ2) is 6.53. The van der Waals surface area contributed by atoms with Gasteiger partial charge in [-0.3, -0.25) is 14.6 Å². The lowest BCUT2D eigenvalue weighted by atomic mass is 10.1. The predicted molar refractivity (Wildman–Crippen MR) is 99.1 cm³/mol. The van der Waals surface area contributed by atoms with Crippen molar-refractivity contribution in [3.63, 3.8) is 0 Å². The topological polar surface area (TPSA) is 85.1 Å². The zero-order valence-corrected chi connectivity index (χ0v) is 14.5. The number of aromatic nitrogens is 1. The number of nitrogens with zero attached hydrogens (tertiary/aromatic N) is 1. The fraction of sp³-hybridized carbons (Fsp3) is 0.105. The van der Waals surface area contributed by atoms with E-state index in [2.05, 4.69) is 10.3 Å². The standard InChI is InChI=1S/C19H16ClN3O2/c1-10-14(18(21)24)4-3-5-16(10)23-19(25)15-9-12-8-13(20)6-7-17(12)22-11(15)2/h3-9H,1-2H3,(H2,21,24)(H,23,25). The number of nitrogens with one attached hydrogen (secondary N) is 1. The van der Waals surface area contributed by atoms with Gasteiger partial charge in [-0.1, -0.05) is 17.7 Å². The smallest absolute Gasteiger partial charge is 0.257 e. The van der Waals surface area contributed by atoms with Crippen molar-refractivity contribution in [2.24, 2.45) is 5.73 Å². The summed E-state index contributed by atoms with van der Waals surface area (Å²) in [6, 6.07) is 12.1. The summed E-state index contributed by atoms with van der Waals surface area (Å²) in [6.45, 7) is 3.51. The van der Waals surface area contributed by atoms with E-state index in [4.69, 9.17) is 17.3 Å². The van der Waals surface area contributed by atoms with E-state index in [1.54, 1.807) is 50.2 Å². The van der Waals surface area contributed by atoms with E-state index in [0.717, 1.165) is 10.9 Å². The predicted octanol–water partition coefficient (Wildman–Crippen LogP) is 3.86. The SMILES string of the molecule is Cc1nc2ccc(Cl)cc2cc1C(=O)Nc1cccc(C(N)=O)c1C. The number of aryl methyl sites for hydroxylation is 1. The Morgan fingerprint density at radius 1 is 1.08 bits per heavy atom. The second-order valence-electron chi connectivity index (χ2n) is 5.75. The van der Waals surface area contributed by atoms with Gasteiger partial charge in [-0.05, 0) is 55.8 Å². The van der Waals surface area contributed by atoms with Crippen LogP contribution in [0.3, 0.4) is 0 Å². The van der Waals surface area contributed by atoms with Crippen molar-refractivity contribution < 1.29 is 9.59 Å². The average Bonchev–Trinajstić information content (AvgIpc) is 2.56. The minimum atomic E-state index is -0.535. The number of halogens is 1. The van der Waals surface area contributed by atoms with Gasteiger partial charge < -0.3 is 11.1 Å². The normalized spacial score (nSPS) is 10.7. The summed E-state index contributed by atoms with van der Waals surface area (Å²) >= 11 is 6.02. The Hall–Kier alpha value is -2.92. The molecular formula is C19H16ClN3O2. The lowest BCUT2D eigenvalue weighted by molar-refractivity contribution is 0.0995. The number of amides is 2. The molecule has 0 radical (unpaired) electrons. The van der Waals surface area contributed by atoms with Crippen LogP contribution in [0.15, 0.2) is 42.5 Å². The van der Waals surface area contributed by atoms with Gasteiger partial charge in [0.1, 0.15) is 0 Å². The number of hydrogen-bond acceptors (Lipinski definition) is 3. The fourth-order valence-electron chi connectivity index (χ4n) is 2.70. The first-order valence-electron chi connectivity index (χ1n) is 7.64. The first kappa shape index (κ1) is 16.9. The molecule has 3 rings (SSSR count). The lowest BCUT2D eigenvalue weighted by Crippen LogP contribution is -2.17. The molecular weight excluding hydrogens is 338 g/mol. The van der Waals surface area contributed by atoms with Gasteiger partial charge in [0.15, 0.2) is 0 Å². The summed E-state index contributed by atoms with van der Waals surface area (Å²) in [6.07, 6.45) is 0. The van der Waals surface area contributed by atoms with Crippen LogP contribution in [0.1, 0.15) is 32.0 Å². The molecule has 0 aliphatic carbocycles. The van der Waals surface area contributed by atoms with E-state index in [1.165, 1.54) is 0 Å². The summed E-state index contributed by atoms with van der Waals surface area (Å²) in [4.78, 5) is 28.6. The van der Waals surface area contributed by atoms with Gasteiger partial charge in [0.05, 0.1) is 16.8 Å². The third-order valence-corrected chi connectivity index (χ3v) is 4.29. The van der Waals surface area contributed by atoms with Crippen LogP contribution in [0, 0.1) is 13.8 Å². The fourth-order valence-corrected chi connectivity index (χ4v) is 2.88. The molecule has 3 aromatic rings. The summed E-state index contributed by atoms with van der Waals surface area (Å²) in [5.41, 5.74) is 8.70. The van der Waals surface area contributed by atoms with Gasteiger partial charge in [-0.25, -0.2) is 0 Å². The minimum Gasteiger partial charge on any atom is -0.366 e. The molecule has 25 heavy (non-hydrogen) atoms. The number of pyridine rings is 1. The van der Waals surface area contributed by atoms with Crippen LogP contribution >= 0.6 is 11.6 Å². The van der Waals surface area contributed by atoms with Crippen molar-refractivity contribution in [2.45, 2.75) is 13.8 Å². The number of carbonyl (C=O) groups excluding carboxylic acids is 2. The Kier molecular flexibility index (Phi) is 4.42. The Balaban J connectivity index is 1.99. The molecule has 0 fully saturated rings. The molecule has 5 nitrogen and oxygen atoms in total. The van der Waals surface area contributed by atoms with Crippen LogP contribution < -0.4 is 11.1 Å². The Morgan fingerprint density at radius 2 is 1.84 bits per heavy atom. The number of fused-ring (bicyclic) bond motifs is 1. The largest absolute Gasteiger partial charge is 0.366 e. The number of hydrogen-bond donors (Lipinski definition) is 2. The molecule has 0 saturated heterocycles. The van der Waals surface area contributed by atoms with E-state index in [0.29, 0.717) is 33.1 Å². The molecule has 6 heteroatoms. The van der Waals surface area contributed by atoms with Gasteiger partial charge in [0.2, 0.25) is 5.91 Å². The van der Waals surface area contributed by atoms with Crippen LogP contribution in [0.2, 0.25) is 5.02 Å². The molecule has 0 atom stereocenters. The quantitative estimate of drug-likeness (QED) is 0.749. The molecule has 2 aromatic carbocycles. The summed E-state index contributed by atoms with van der Waals surface area (Å²) in [5.74, 6) is -0.844. The van der Waals surface area contributed by atoms with Gasteiger partial charge in [0, 0.05) is 21.7 Å². The van der Waals surface area contributed by atoms with Crippen molar-refractivity contribution in [1.29, 1.82) is 0 Å². The van der Waals surface area contributed by atoms with Crippen LogP contribution in [0.25, 0.3) is 10.9 Å². The highest BCUT2D eigenvalue weighted by molar-refractivity contribution is 6.31. The Bertz CT molecular complexity index is 1010. The van der Waals surface area contributed by atoms with Gasteiger partial charge in [0.25, 0.3) is 5.91 Å². The van der Waals surface area contributed by atoms with E-state index >= 15 is 0 Å². The Morgan fingerprint density at radius 3 is 2.56 bits per heavy atom. The molecule has 1 aromatic heterocycles. The van der Waals surface area contributed by atoms with E-state index < -0.39 is 5.91 Å². The molecule has 0 aliphatic heterocycles. The molecule has 3 N–H and O–H groups in total. The van der Waals surface area contributed by atoms with Crippen LogP contribution in [-0.2, 0) is 0 Å². The van der Waals surface area contributed by atoms with Gasteiger partial charge >= 0.3 is 0 Å². The van der Waals surface area contributed by atoms with Crippen LogP contribution in [-0.4, -0.2) is 16.8 Å². The first-order chi connectivity index (χ1) is 11.9.